The Morgan fingerprint density at radius 1 is 1.20 bits per heavy atom. The Hall–Kier alpha value is -2.35. The van der Waals surface area contributed by atoms with Crippen LogP contribution in [0.5, 0.6) is 0 Å². The third-order valence-electron chi connectivity index (χ3n) is 4.77. The average Bonchev–Trinajstić information content (AvgIpc) is 3.39. The molecule has 0 unspecified atom stereocenters. The quantitative estimate of drug-likeness (QED) is 0.841. The van der Waals surface area contributed by atoms with Gasteiger partial charge in [-0.05, 0) is 47.9 Å². The predicted molar refractivity (Wildman–Crippen MR) is 88.3 cm³/mol. The van der Waals surface area contributed by atoms with Crippen LogP contribution in [0.25, 0.3) is 0 Å². The fourth-order valence-electron chi connectivity index (χ4n) is 3.26. The molecule has 2 aromatic rings. The molecule has 2 heterocycles. The van der Waals surface area contributed by atoms with Crippen molar-refractivity contribution < 1.29 is 9.18 Å². The highest BCUT2D eigenvalue weighted by molar-refractivity contribution is 5.94. The van der Waals surface area contributed by atoms with Crippen LogP contribution in [0.3, 0.4) is 0 Å². The Labute approximate surface area is 145 Å². The molecule has 1 aliphatic heterocycles. The molecule has 1 saturated heterocycles. The Morgan fingerprint density at radius 3 is 2.88 bits per heavy atom. The number of carbonyl (C=O) groups excluding carboxylic acids is 1. The Balaban J connectivity index is 1.38. The minimum atomic E-state index is -0.380. The van der Waals surface area contributed by atoms with Crippen LogP contribution in [-0.4, -0.2) is 62.1 Å². The van der Waals surface area contributed by atoms with Gasteiger partial charge >= 0.3 is 0 Å². The first-order chi connectivity index (χ1) is 12.2. The zero-order chi connectivity index (χ0) is 17.2. The zero-order valence-corrected chi connectivity index (χ0v) is 14.0. The Bertz CT molecular complexity index is 759. The molecule has 1 aromatic carbocycles. The van der Waals surface area contributed by atoms with Gasteiger partial charge in [0.25, 0.3) is 5.91 Å². The van der Waals surface area contributed by atoms with Gasteiger partial charge in [-0.3, -0.25) is 9.69 Å². The highest BCUT2D eigenvalue weighted by Crippen LogP contribution is 2.34. The topological polar surface area (TPSA) is 67.2 Å². The molecule has 1 aromatic heterocycles. The summed E-state index contributed by atoms with van der Waals surface area (Å²) < 4.78 is 15.3. The van der Waals surface area contributed by atoms with Crippen molar-refractivity contribution in [3.8, 4) is 0 Å². The van der Waals surface area contributed by atoms with E-state index >= 15 is 0 Å². The van der Waals surface area contributed by atoms with Crippen LogP contribution in [0.15, 0.2) is 24.3 Å². The number of benzene rings is 1. The van der Waals surface area contributed by atoms with Crippen molar-refractivity contribution in [2.45, 2.75) is 31.8 Å². The van der Waals surface area contributed by atoms with Crippen LogP contribution in [-0.2, 0) is 6.54 Å². The van der Waals surface area contributed by atoms with E-state index in [9.17, 15) is 9.18 Å². The minimum absolute atomic E-state index is 0.107. The molecule has 8 heteroatoms. The van der Waals surface area contributed by atoms with Gasteiger partial charge in [0.15, 0.2) is 5.82 Å². The van der Waals surface area contributed by atoms with E-state index in [1.807, 2.05) is 4.68 Å². The van der Waals surface area contributed by atoms with Crippen molar-refractivity contribution in [2.24, 2.45) is 0 Å². The lowest BCUT2D eigenvalue weighted by atomic mass is 10.2. The lowest BCUT2D eigenvalue weighted by molar-refractivity contribution is 0.0760. The van der Waals surface area contributed by atoms with Gasteiger partial charge in [0.2, 0.25) is 0 Å². The zero-order valence-electron chi connectivity index (χ0n) is 14.0. The lowest BCUT2D eigenvalue weighted by Crippen LogP contribution is -2.35. The Morgan fingerprint density at radius 2 is 2.08 bits per heavy atom. The molecule has 132 valence electrons. The summed E-state index contributed by atoms with van der Waals surface area (Å²) in [5, 5.41) is 12.0. The molecule has 1 aliphatic carbocycles. The summed E-state index contributed by atoms with van der Waals surface area (Å²) in [6.45, 7) is 3.66. The molecule has 0 N–H and O–H groups in total. The molecular weight excluding hydrogens is 323 g/mol. The summed E-state index contributed by atoms with van der Waals surface area (Å²) >= 11 is 0. The van der Waals surface area contributed by atoms with Gasteiger partial charge < -0.3 is 4.90 Å². The molecule has 4 rings (SSSR count). The fraction of sp³-hybridized carbons (Fsp3) is 0.529. The molecule has 2 aliphatic rings. The lowest BCUT2D eigenvalue weighted by Gasteiger charge is -2.21. The first-order valence-electron chi connectivity index (χ1n) is 8.74. The van der Waals surface area contributed by atoms with E-state index in [0.29, 0.717) is 31.2 Å². The fourth-order valence-corrected chi connectivity index (χ4v) is 3.26. The SMILES string of the molecule is O=C(c1cccc(F)c1)N1CCCN(Cc2nnnn2C2CC2)CC1. The Kier molecular flexibility index (Phi) is 4.44. The van der Waals surface area contributed by atoms with Crippen LogP contribution in [0.4, 0.5) is 4.39 Å². The summed E-state index contributed by atoms with van der Waals surface area (Å²) in [7, 11) is 0. The van der Waals surface area contributed by atoms with E-state index in [1.54, 1.807) is 17.0 Å². The molecule has 7 nitrogen and oxygen atoms in total. The van der Waals surface area contributed by atoms with Crippen LogP contribution in [0.2, 0.25) is 0 Å². The summed E-state index contributed by atoms with van der Waals surface area (Å²) in [6, 6.07) is 6.35. The molecule has 1 saturated carbocycles. The van der Waals surface area contributed by atoms with Gasteiger partial charge in [-0.25, -0.2) is 9.07 Å². The van der Waals surface area contributed by atoms with Crippen molar-refractivity contribution in [3.63, 3.8) is 0 Å². The molecule has 0 spiro atoms. The average molecular weight is 344 g/mol. The first kappa shape index (κ1) is 16.1. The van der Waals surface area contributed by atoms with Crippen LogP contribution in [0, 0.1) is 5.82 Å². The van der Waals surface area contributed by atoms with Crippen molar-refractivity contribution in [3.05, 3.63) is 41.5 Å². The van der Waals surface area contributed by atoms with Crippen molar-refractivity contribution in [1.29, 1.82) is 0 Å². The number of aromatic nitrogens is 4. The van der Waals surface area contributed by atoms with Gasteiger partial charge in [-0.15, -0.1) is 5.10 Å². The van der Waals surface area contributed by atoms with E-state index in [4.69, 9.17) is 0 Å². The number of hydrogen-bond donors (Lipinski definition) is 0. The number of amides is 1. The summed E-state index contributed by atoms with van der Waals surface area (Å²) in [5.41, 5.74) is 0.408. The van der Waals surface area contributed by atoms with E-state index < -0.39 is 0 Å². The van der Waals surface area contributed by atoms with Crippen LogP contribution < -0.4 is 0 Å². The van der Waals surface area contributed by atoms with E-state index in [2.05, 4.69) is 20.4 Å². The molecule has 0 radical (unpaired) electrons. The number of tetrazole rings is 1. The van der Waals surface area contributed by atoms with E-state index in [0.717, 1.165) is 38.2 Å². The highest BCUT2D eigenvalue weighted by atomic mass is 19.1. The normalized spacial score (nSPS) is 19.0. The van der Waals surface area contributed by atoms with Gasteiger partial charge in [0, 0.05) is 31.7 Å². The minimum Gasteiger partial charge on any atom is -0.337 e. The maximum absolute atomic E-state index is 13.4. The van der Waals surface area contributed by atoms with E-state index in [-0.39, 0.29) is 11.7 Å². The third kappa shape index (κ3) is 3.68. The third-order valence-corrected chi connectivity index (χ3v) is 4.77. The van der Waals surface area contributed by atoms with Crippen molar-refractivity contribution >= 4 is 5.91 Å². The molecule has 25 heavy (non-hydrogen) atoms. The summed E-state index contributed by atoms with van der Waals surface area (Å²) in [6.07, 6.45) is 3.17. The van der Waals surface area contributed by atoms with Crippen LogP contribution >= 0.6 is 0 Å². The highest BCUT2D eigenvalue weighted by Gasteiger charge is 2.29. The van der Waals surface area contributed by atoms with Gasteiger partial charge in [0.1, 0.15) is 5.82 Å². The number of carbonyl (C=O) groups is 1. The van der Waals surface area contributed by atoms with Crippen molar-refractivity contribution in [1.82, 2.24) is 30.0 Å². The van der Waals surface area contributed by atoms with Crippen LogP contribution in [0.1, 0.15) is 41.5 Å². The second-order valence-corrected chi connectivity index (χ2v) is 6.70. The number of halogens is 1. The summed E-state index contributed by atoms with van der Waals surface area (Å²) in [4.78, 5) is 16.7. The number of nitrogens with zero attached hydrogens (tertiary/aromatic N) is 6. The second kappa shape index (κ2) is 6.87. The standard InChI is InChI=1S/C17H21FN6O/c18-14-4-1-3-13(11-14)17(25)23-8-2-7-22(9-10-23)12-16-19-20-21-24(16)15-5-6-15/h1,3-4,11,15H,2,5-10,12H2. The second-order valence-electron chi connectivity index (χ2n) is 6.70. The summed E-state index contributed by atoms with van der Waals surface area (Å²) in [5.74, 6) is 0.408. The van der Waals surface area contributed by atoms with Gasteiger partial charge in [-0.2, -0.15) is 0 Å². The largest absolute Gasteiger partial charge is 0.337 e. The molecule has 0 atom stereocenters. The smallest absolute Gasteiger partial charge is 0.254 e. The monoisotopic (exact) mass is 344 g/mol. The van der Waals surface area contributed by atoms with Gasteiger partial charge in [-0.1, -0.05) is 6.07 Å². The molecule has 2 fully saturated rings. The van der Waals surface area contributed by atoms with Crippen molar-refractivity contribution in [2.75, 3.05) is 26.2 Å². The number of hydrogen-bond acceptors (Lipinski definition) is 5. The molecule has 0 bridgehead atoms. The number of rotatable bonds is 4. The molecule has 1 amide bonds. The molecular formula is C17H21FN6O. The maximum atomic E-state index is 13.4. The maximum Gasteiger partial charge on any atom is 0.254 e. The predicted octanol–water partition coefficient (Wildman–Crippen LogP) is 1.50. The van der Waals surface area contributed by atoms with Gasteiger partial charge in [0.05, 0.1) is 12.6 Å². The first-order valence-corrected chi connectivity index (χ1v) is 8.74. The van der Waals surface area contributed by atoms with E-state index in [1.165, 1.54) is 12.1 Å².